The zero-order chi connectivity index (χ0) is 12.1. The lowest BCUT2D eigenvalue weighted by atomic mass is 9.82. The van der Waals surface area contributed by atoms with Gasteiger partial charge in [-0.15, -0.1) is 0 Å². The van der Waals surface area contributed by atoms with E-state index in [1.165, 1.54) is 12.8 Å². The minimum absolute atomic E-state index is 0.277. The Bertz CT molecular complexity index is 356. The monoisotopic (exact) mass is 233 g/mol. The molecule has 2 rings (SSSR count). The van der Waals surface area contributed by atoms with Crippen molar-refractivity contribution in [2.75, 3.05) is 0 Å². The first-order valence-electron chi connectivity index (χ1n) is 6.42. The zero-order valence-corrected chi connectivity index (χ0v) is 10.0. The molecule has 1 aliphatic carbocycles. The predicted octanol–water partition coefficient (Wildman–Crippen LogP) is 3.22. The van der Waals surface area contributed by atoms with Gasteiger partial charge in [-0.2, -0.15) is 0 Å². The van der Waals surface area contributed by atoms with E-state index in [0.717, 1.165) is 31.2 Å². The van der Waals surface area contributed by atoms with E-state index < -0.39 is 5.97 Å². The van der Waals surface area contributed by atoms with Crippen LogP contribution in [0.3, 0.4) is 0 Å². The third-order valence-corrected chi connectivity index (χ3v) is 3.68. The summed E-state index contributed by atoms with van der Waals surface area (Å²) in [6, 6.07) is 3.71. The van der Waals surface area contributed by atoms with Crippen LogP contribution in [0.25, 0.3) is 0 Å². The van der Waals surface area contributed by atoms with Crippen LogP contribution in [0.5, 0.6) is 0 Å². The van der Waals surface area contributed by atoms with Crippen LogP contribution in [0.2, 0.25) is 0 Å². The molecule has 92 valence electrons. The summed E-state index contributed by atoms with van der Waals surface area (Å²) in [4.78, 5) is 15.5. The SMILES string of the molecule is O=C(O)C(c1cccnc1)C1CCCCCC1. The molecule has 0 aliphatic heterocycles. The second-order valence-electron chi connectivity index (χ2n) is 4.85. The van der Waals surface area contributed by atoms with Crippen LogP contribution in [0.15, 0.2) is 24.5 Å². The highest BCUT2D eigenvalue weighted by molar-refractivity contribution is 5.76. The summed E-state index contributed by atoms with van der Waals surface area (Å²) >= 11 is 0. The number of carbonyl (C=O) groups is 1. The highest BCUT2D eigenvalue weighted by Gasteiger charge is 2.30. The molecule has 1 aromatic rings. The number of hydrogen-bond acceptors (Lipinski definition) is 2. The van der Waals surface area contributed by atoms with Crippen molar-refractivity contribution in [2.24, 2.45) is 5.92 Å². The number of pyridine rings is 1. The third kappa shape index (κ3) is 3.05. The third-order valence-electron chi connectivity index (χ3n) is 3.68. The number of aromatic nitrogens is 1. The van der Waals surface area contributed by atoms with E-state index in [0.29, 0.717) is 0 Å². The van der Waals surface area contributed by atoms with Gasteiger partial charge in [-0.25, -0.2) is 0 Å². The molecule has 0 spiro atoms. The molecule has 1 aromatic heterocycles. The van der Waals surface area contributed by atoms with E-state index >= 15 is 0 Å². The molecule has 1 unspecified atom stereocenters. The van der Waals surface area contributed by atoms with Crippen LogP contribution >= 0.6 is 0 Å². The molecule has 1 saturated carbocycles. The fourth-order valence-corrected chi connectivity index (χ4v) is 2.82. The molecule has 0 amide bonds. The second kappa shape index (κ2) is 5.80. The van der Waals surface area contributed by atoms with Crippen molar-refractivity contribution in [3.63, 3.8) is 0 Å². The van der Waals surface area contributed by atoms with Crippen molar-refractivity contribution in [3.05, 3.63) is 30.1 Å². The number of hydrogen-bond donors (Lipinski definition) is 1. The first-order chi connectivity index (χ1) is 8.29. The van der Waals surface area contributed by atoms with Crippen molar-refractivity contribution in [2.45, 2.75) is 44.4 Å². The summed E-state index contributed by atoms with van der Waals surface area (Å²) in [5.41, 5.74) is 0.854. The van der Waals surface area contributed by atoms with Crippen molar-refractivity contribution < 1.29 is 9.90 Å². The molecule has 1 atom stereocenters. The van der Waals surface area contributed by atoms with E-state index in [2.05, 4.69) is 4.98 Å². The Morgan fingerprint density at radius 2 is 2.00 bits per heavy atom. The van der Waals surface area contributed by atoms with Crippen molar-refractivity contribution in [1.82, 2.24) is 4.98 Å². The quantitative estimate of drug-likeness (QED) is 0.815. The van der Waals surface area contributed by atoms with Crippen LogP contribution in [-0.2, 0) is 4.79 Å². The van der Waals surface area contributed by atoms with Gasteiger partial charge in [0.25, 0.3) is 0 Å². The van der Waals surface area contributed by atoms with Gasteiger partial charge in [0.1, 0.15) is 0 Å². The lowest BCUT2D eigenvalue weighted by Gasteiger charge is -2.22. The molecule has 3 nitrogen and oxygen atoms in total. The van der Waals surface area contributed by atoms with Crippen LogP contribution < -0.4 is 0 Å². The van der Waals surface area contributed by atoms with Gasteiger partial charge in [-0.1, -0.05) is 31.7 Å². The molecular formula is C14H19NO2. The fraction of sp³-hybridized carbons (Fsp3) is 0.571. The summed E-state index contributed by atoms with van der Waals surface area (Å²) < 4.78 is 0. The maximum Gasteiger partial charge on any atom is 0.311 e. The van der Waals surface area contributed by atoms with Crippen LogP contribution in [0, 0.1) is 5.92 Å². The van der Waals surface area contributed by atoms with Crippen molar-refractivity contribution in [1.29, 1.82) is 0 Å². The molecule has 0 radical (unpaired) electrons. The largest absolute Gasteiger partial charge is 0.481 e. The van der Waals surface area contributed by atoms with Gasteiger partial charge in [0, 0.05) is 12.4 Å². The smallest absolute Gasteiger partial charge is 0.311 e. The summed E-state index contributed by atoms with van der Waals surface area (Å²) in [5.74, 6) is -0.800. The fourth-order valence-electron chi connectivity index (χ4n) is 2.82. The van der Waals surface area contributed by atoms with Crippen LogP contribution in [0.4, 0.5) is 0 Å². The zero-order valence-electron chi connectivity index (χ0n) is 10.0. The van der Waals surface area contributed by atoms with Crippen LogP contribution in [-0.4, -0.2) is 16.1 Å². The van der Waals surface area contributed by atoms with Gasteiger partial charge in [0.2, 0.25) is 0 Å². The molecule has 0 bridgehead atoms. The average Bonchev–Trinajstić information content (AvgIpc) is 2.59. The summed E-state index contributed by atoms with van der Waals surface area (Å²) in [5, 5.41) is 9.44. The molecule has 3 heteroatoms. The Morgan fingerprint density at radius 3 is 2.53 bits per heavy atom. The Hall–Kier alpha value is -1.38. The van der Waals surface area contributed by atoms with E-state index in [1.807, 2.05) is 12.1 Å². The Kier molecular flexibility index (Phi) is 4.13. The minimum Gasteiger partial charge on any atom is -0.481 e. The molecule has 1 aliphatic rings. The van der Waals surface area contributed by atoms with E-state index in [9.17, 15) is 9.90 Å². The standard InChI is InChI=1S/C14H19NO2/c16-14(17)13(12-8-5-9-15-10-12)11-6-3-1-2-4-7-11/h5,8-11,13H,1-4,6-7H2,(H,16,17). The Morgan fingerprint density at radius 1 is 1.29 bits per heavy atom. The van der Waals surface area contributed by atoms with Gasteiger partial charge >= 0.3 is 5.97 Å². The molecule has 1 fully saturated rings. The van der Waals surface area contributed by atoms with Gasteiger partial charge in [0.05, 0.1) is 5.92 Å². The second-order valence-corrected chi connectivity index (χ2v) is 4.85. The van der Waals surface area contributed by atoms with Gasteiger partial charge in [-0.05, 0) is 30.4 Å². The number of carboxylic acids is 1. The highest BCUT2D eigenvalue weighted by Crippen LogP contribution is 2.35. The summed E-state index contributed by atoms with van der Waals surface area (Å²) in [6.07, 6.45) is 10.3. The molecule has 0 saturated heterocycles. The molecule has 17 heavy (non-hydrogen) atoms. The van der Waals surface area contributed by atoms with E-state index in [4.69, 9.17) is 0 Å². The first kappa shape index (κ1) is 12.1. The van der Waals surface area contributed by atoms with E-state index in [1.54, 1.807) is 12.4 Å². The number of carboxylic acid groups (broad SMARTS) is 1. The van der Waals surface area contributed by atoms with Crippen molar-refractivity contribution >= 4 is 5.97 Å². The van der Waals surface area contributed by atoms with Gasteiger partial charge in [-0.3, -0.25) is 9.78 Å². The lowest BCUT2D eigenvalue weighted by Crippen LogP contribution is -2.21. The predicted molar refractivity (Wildman–Crippen MR) is 65.8 cm³/mol. The maximum atomic E-state index is 11.5. The maximum absolute atomic E-state index is 11.5. The number of nitrogens with zero attached hydrogens (tertiary/aromatic N) is 1. The Labute approximate surface area is 102 Å². The highest BCUT2D eigenvalue weighted by atomic mass is 16.4. The Balaban J connectivity index is 2.19. The summed E-state index contributed by atoms with van der Waals surface area (Å²) in [6.45, 7) is 0. The first-order valence-corrected chi connectivity index (χ1v) is 6.42. The number of aliphatic carboxylic acids is 1. The number of rotatable bonds is 3. The van der Waals surface area contributed by atoms with Crippen molar-refractivity contribution in [3.8, 4) is 0 Å². The van der Waals surface area contributed by atoms with E-state index in [-0.39, 0.29) is 11.8 Å². The minimum atomic E-state index is -0.704. The van der Waals surface area contributed by atoms with Crippen LogP contribution in [0.1, 0.15) is 50.0 Å². The molecule has 1 heterocycles. The topological polar surface area (TPSA) is 50.2 Å². The normalized spacial score (nSPS) is 19.5. The lowest BCUT2D eigenvalue weighted by molar-refractivity contribution is -0.140. The molecule has 0 aromatic carbocycles. The van der Waals surface area contributed by atoms with Gasteiger partial charge < -0.3 is 5.11 Å². The van der Waals surface area contributed by atoms with Gasteiger partial charge in [0.15, 0.2) is 0 Å². The molecule has 1 N–H and O–H groups in total. The summed E-state index contributed by atoms with van der Waals surface area (Å²) in [7, 11) is 0. The average molecular weight is 233 g/mol. The molecular weight excluding hydrogens is 214 g/mol.